The molecule has 1 rings (SSSR count). The third kappa shape index (κ3) is 2.92. The number of carbonyl (C=O) groups excluding carboxylic acids is 1. The number of hydrogen-bond acceptors (Lipinski definition) is 4. The van der Waals surface area contributed by atoms with Gasteiger partial charge in [0.25, 0.3) is 5.91 Å². The van der Waals surface area contributed by atoms with Crippen LogP contribution in [0.2, 0.25) is 0 Å². The van der Waals surface area contributed by atoms with E-state index in [-0.39, 0.29) is 11.7 Å². The zero-order valence-electron chi connectivity index (χ0n) is 8.50. The van der Waals surface area contributed by atoms with Crippen molar-refractivity contribution in [2.75, 3.05) is 19.8 Å². The molecule has 0 radical (unpaired) electrons. The molecule has 0 aliphatic carbocycles. The van der Waals surface area contributed by atoms with Gasteiger partial charge in [-0.2, -0.15) is 0 Å². The average Bonchev–Trinajstić information content (AvgIpc) is 2.19. The number of rotatable bonds is 3. The van der Waals surface area contributed by atoms with Crippen LogP contribution in [0.15, 0.2) is 12.0 Å². The highest BCUT2D eigenvalue weighted by molar-refractivity contribution is 5.91. The van der Waals surface area contributed by atoms with E-state index < -0.39 is 5.54 Å². The van der Waals surface area contributed by atoms with Crippen molar-refractivity contribution >= 4 is 5.91 Å². The lowest BCUT2D eigenvalue weighted by Crippen LogP contribution is -2.49. The van der Waals surface area contributed by atoms with Gasteiger partial charge in [-0.25, -0.2) is 0 Å². The van der Waals surface area contributed by atoms with Crippen molar-refractivity contribution in [3.05, 3.63) is 12.0 Å². The minimum atomic E-state index is -0.432. The first-order valence-corrected chi connectivity index (χ1v) is 4.52. The predicted octanol–water partition coefficient (Wildman–Crippen LogP) is -0.272. The number of ether oxygens (including phenoxy) is 2. The zero-order chi connectivity index (χ0) is 10.6. The molecule has 0 atom stereocenters. The molecule has 0 fully saturated rings. The molecule has 0 aromatic rings. The van der Waals surface area contributed by atoms with Crippen molar-refractivity contribution < 1.29 is 14.3 Å². The molecule has 80 valence electrons. The second-order valence-corrected chi connectivity index (χ2v) is 3.74. The molecule has 0 unspecified atom stereocenters. The molecule has 0 aromatic heterocycles. The fraction of sp³-hybridized carbons (Fsp3) is 0.667. The van der Waals surface area contributed by atoms with Crippen molar-refractivity contribution in [3.8, 4) is 0 Å². The van der Waals surface area contributed by atoms with Gasteiger partial charge in [0, 0.05) is 12.1 Å². The lowest BCUT2D eigenvalue weighted by atomic mass is 10.1. The first-order chi connectivity index (χ1) is 6.55. The Bertz CT molecular complexity index is 248. The van der Waals surface area contributed by atoms with Gasteiger partial charge in [-0.3, -0.25) is 4.79 Å². The van der Waals surface area contributed by atoms with E-state index in [9.17, 15) is 4.79 Å². The van der Waals surface area contributed by atoms with Crippen molar-refractivity contribution in [2.45, 2.75) is 19.4 Å². The third-order valence-corrected chi connectivity index (χ3v) is 1.84. The highest BCUT2D eigenvalue weighted by Gasteiger charge is 2.22. The number of carbonyl (C=O) groups is 1. The van der Waals surface area contributed by atoms with Crippen LogP contribution < -0.4 is 11.1 Å². The van der Waals surface area contributed by atoms with Crippen LogP contribution >= 0.6 is 0 Å². The SMILES string of the molecule is CC(C)(CN)NC(=O)C1=COCCO1. The molecule has 0 aromatic carbocycles. The minimum Gasteiger partial charge on any atom is -0.494 e. The largest absolute Gasteiger partial charge is 0.494 e. The highest BCUT2D eigenvalue weighted by atomic mass is 16.6. The normalized spacial score (nSPS) is 16.4. The average molecular weight is 200 g/mol. The first kappa shape index (κ1) is 10.8. The van der Waals surface area contributed by atoms with Crippen LogP contribution in [0.5, 0.6) is 0 Å². The molecule has 1 aliphatic rings. The Balaban J connectivity index is 2.53. The second kappa shape index (κ2) is 4.32. The molecule has 0 bridgehead atoms. The Hall–Kier alpha value is -1.23. The number of amides is 1. The Morgan fingerprint density at radius 2 is 2.36 bits per heavy atom. The maximum absolute atomic E-state index is 11.5. The molecule has 1 aliphatic heterocycles. The van der Waals surface area contributed by atoms with Gasteiger partial charge in [0.15, 0.2) is 0 Å². The quantitative estimate of drug-likeness (QED) is 0.657. The van der Waals surface area contributed by atoms with Crippen LogP contribution in [0.3, 0.4) is 0 Å². The van der Waals surface area contributed by atoms with E-state index in [0.29, 0.717) is 19.8 Å². The molecule has 5 heteroatoms. The van der Waals surface area contributed by atoms with Crippen LogP contribution in [-0.2, 0) is 14.3 Å². The Labute approximate surface area is 83.2 Å². The van der Waals surface area contributed by atoms with E-state index in [1.54, 1.807) is 0 Å². The lowest BCUT2D eigenvalue weighted by Gasteiger charge is -2.25. The molecule has 1 heterocycles. The maximum Gasteiger partial charge on any atom is 0.290 e. The molecule has 1 amide bonds. The molecule has 0 saturated heterocycles. The zero-order valence-corrected chi connectivity index (χ0v) is 8.50. The Morgan fingerprint density at radius 3 is 2.86 bits per heavy atom. The van der Waals surface area contributed by atoms with Gasteiger partial charge in [-0.15, -0.1) is 0 Å². The summed E-state index contributed by atoms with van der Waals surface area (Å²) < 4.78 is 10.1. The van der Waals surface area contributed by atoms with E-state index in [2.05, 4.69) is 5.32 Å². The minimum absolute atomic E-state index is 0.206. The molecule has 3 N–H and O–H groups in total. The summed E-state index contributed by atoms with van der Waals surface area (Å²) in [5.41, 5.74) is 5.05. The number of nitrogens with two attached hydrogens (primary N) is 1. The Kier molecular flexibility index (Phi) is 3.35. The molecule has 14 heavy (non-hydrogen) atoms. The van der Waals surface area contributed by atoms with E-state index in [1.807, 2.05) is 13.8 Å². The molecule has 5 nitrogen and oxygen atoms in total. The molecular weight excluding hydrogens is 184 g/mol. The van der Waals surface area contributed by atoms with E-state index >= 15 is 0 Å². The van der Waals surface area contributed by atoms with Crippen LogP contribution in [0, 0.1) is 0 Å². The van der Waals surface area contributed by atoms with Crippen molar-refractivity contribution in [3.63, 3.8) is 0 Å². The fourth-order valence-corrected chi connectivity index (χ4v) is 0.907. The second-order valence-electron chi connectivity index (χ2n) is 3.74. The van der Waals surface area contributed by atoms with Crippen molar-refractivity contribution in [1.29, 1.82) is 0 Å². The van der Waals surface area contributed by atoms with E-state index in [1.165, 1.54) is 6.26 Å². The topological polar surface area (TPSA) is 73.6 Å². The number of nitrogens with one attached hydrogen (secondary N) is 1. The summed E-state index contributed by atoms with van der Waals surface area (Å²) in [4.78, 5) is 11.5. The van der Waals surface area contributed by atoms with Crippen LogP contribution in [-0.4, -0.2) is 31.2 Å². The molecule has 0 spiro atoms. The van der Waals surface area contributed by atoms with Crippen LogP contribution in [0.1, 0.15) is 13.8 Å². The summed E-state index contributed by atoms with van der Waals surface area (Å²) in [6, 6.07) is 0. The van der Waals surface area contributed by atoms with Gasteiger partial charge in [0.1, 0.15) is 19.5 Å². The lowest BCUT2D eigenvalue weighted by molar-refractivity contribution is -0.123. The van der Waals surface area contributed by atoms with Crippen LogP contribution in [0.25, 0.3) is 0 Å². The van der Waals surface area contributed by atoms with Gasteiger partial charge in [0.05, 0.1) is 0 Å². The monoisotopic (exact) mass is 200 g/mol. The summed E-state index contributed by atoms with van der Waals surface area (Å²) in [7, 11) is 0. The highest BCUT2D eigenvalue weighted by Crippen LogP contribution is 2.07. The molecular formula is C9H16N2O3. The van der Waals surface area contributed by atoms with E-state index in [4.69, 9.17) is 15.2 Å². The predicted molar refractivity (Wildman–Crippen MR) is 51.3 cm³/mol. The van der Waals surface area contributed by atoms with Gasteiger partial charge in [-0.1, -0.05) is 0 Å². The van der Waals surface area contributed by atoms with E-state index in [0.717, 1.165) is 0 Å². The maximum atomic E-state index is 11.5. The smallest absolute Gasteiger partial charge is 0.290 e. The summed E-state index contributed by atoms with van der Waals surface area (Å²) in [5, 5.41) is 2.74. The third-order valence-electron chi connectivity index (χ3n) is 1.84. The standard InChI is InChI=1S/C9H16N2O3/c1-9(2,6-10)11-8(12)7-5-13-3-4-14-7/h5H,3-4,6,10H2,1-2H3,(H,11,12). The fourth-order valence-electron chi connectivity index (χ4n) is 0.907. The van der Waals surface area contributed by atoms with Gasteiger partial charge < -0.3 is 20.5 Å². The molecule has 0 saturated carbocycles. The summed E-state index contributed by atoms with van der Waals surface area (Å²) in [6.07, 6.45) is 1.32. The van der Waals surface area contributed by atoms with Crippen molar-refractivity contribution in [1.82, 2.24) is 5.32 Å². The van der Waals surface area contributed by atoms with Crippen LogP contribution in [0.4, 0.5) is 0 Å². The van der Waals surface area contributed by atoms with Gasteiger partial charge in [0.2, 0.25) is 5.76 Å². The summed E-state index contributed by atoms with van der Waals surface area (Å²) in [5.74, 6) is -0.0853. The van der Waals surface area contributed by atoms with Gasteiger partial charge in [-0.05, 0) is 13.8 Å². The van der Waals surface area contributed by atoms with Gasteiger partial charge >= 0.3 is 0 Å². The summed E-state index contributed by atoms with van der Waals surface area (Å²) in [6.45, 7) is 4.94. The number of hydrogen-bond donors (Lipinski definition) is 2. The summed E-state index contributed by atoms with van der Waals surface area (Å²) >= 11 is 0. The first-order valence-electron chi connectivity index (χ1n) is 4.52. The van der Waals surface area contributed by atoms with Crippen molar-refractivity contribution in [2.24, 2.45) is 5.73 Å². The Morgan fingerprint density at radius 1 is 1.64 bits per heavy atom.